The molecule has 0 atom stereocenters. The Bertz CT molecular complexity index is 1210. The number of aryl methyl sites for hydroxylation is 1. The van der Waals surface area contributed by atoms with Crippen LogP contribution in [0.1, 0.15) is 15.9 Å². The van der Waals surface area contributed by atoms with Crippen molar-refractivity contribution in [3.05, 3.63) is 59.0 Å². The summed E-state index contributed by atoms with van der Waals surface area (Å²) in [5, 5.41) is 5.05. The van der Waals surface area contributed by atoms with Crippen molar-refractivity contribution in [2.45, 2.75) is 11.8 Å². The number of ether oxygens (including phenoxy) is 1. The first kappa shape index (κ1) is 25.5. The topological polar surface area (TPSA) is 88.6 Å². The molecule has 0 bridgehead atoms. The van der Waals surface area contributed by atoms with Gasteiger partial charge in [-0.3, -0.25) is 10.1 Å². The zero-order valence-corrected chi connectivity index (χ0v) is 21.2. The number of amides is 1. The van der Waals surface area contributed by atoms with Gasteiger partial charge in [-0.2, -0.15) is 4.31 Å². The van der Waals surface area contributed by atoms with Crippen LogP contribution in [0.5, 0.6) is 5.75 Å². The number of halogens is 2. The maximum atomic E-state index is 12.8. The minimum absolute atomic E-state index is 0.0701. The van der Waals surface area contributed by atoms with Crippen LogP contribution in [0.3, 0.4) is 0 Å². The molecular formula is C22H23Cl2N3O4S2. The number of benzene rings is 2. The summed E-state index contributed by atoms with van der Waals surface area (Å²) in [6.45, 7) is 2.25. The molecular weight excluding hydrogens is 505 g/mol. The third-order valence-electron chi connectivity index (χ3n) is 4.84. The van der Waals surface area contributed by atoms with Crippen LogP contribution >= 0.6 is 34.5 Å². The molecule has 0 spiro atoms. The highest BCUT2D eigenvalue weighted by Crippen LogP contribution is 2.29. The van der Waals surface area contributed by atoms with E-state index in [1.54, 1.807) is 7.11 Å². The molecule has 2 aromatic carbocycles. The lowest BCUT2D eigenvalue weighted by Crippen LogP contribution is -2.34. The molecule has 3 rings (SSSR count). The van der Waals surface area contributed by atoms with E-state index >= 15 is 0 Å². The summed E-state index contributed by atoms with van der Waals surface area (Å²) in [5.74, 6) is 0.718. The van der Waals surface area contributed by atoms with Gasteiger partial charge in [-0.05, 0) is 55.0 Å². The van der Waals surface area contributed by atoms with Gasteiger partial charge in [-0.25, -0.2) is 13.4 Å². The molecule has 0 saturated heterocycles. The Morgan fingerprint density at radius 2 is 1.79 bits per heavy atom. The predicted octanol–water partition coefficient (Wildman–Crippen LogP) is 4.85. The van der Waals surface area contributed by atoms with Crippen LogP contribution in [0, 0.1) is 6.92 Å². The van der Waals surface area contributed by atoms with Gasteiger partial charge in [0.1, 0.15) is 5.75 Å². The fourth-order valence-electron chi connectivity index (χ4n) is 3.14. The maximum absolute atomic E-state index is 12.8. The second kappa shape index (κ2) is 11.3. The van der Waals surface area contributed by atoms with E-state index in [1.165, 1.54) is 39.9 Å². The van der Waals surface area contributed by atoms with Gasteiger partial charge in [0.2, 0.25) is 10.0 Å². The van der Waals surface area contributed by atoms with Crippen molar-refractivity contribution in [2.24, 2.45) is 0 Å². The lowest BCUT2D eigenvalue weighted by molar-refractivity contribution is 0.102. The van der Waals surface area contributed by atoms with Gasteiger partial charge in [0.05, 0.1) is 17.7 Å². The fourth-order valence-corrected chi connectivity index (χ4v) is 5.90. The Labute approximate surface area is 207 Å². The zero-order valence-electron chi connectivity index (χ0n) is 18.0. The molecule has 176 valence electrons. The summed E-state index contributed by atoms with van der Waals surface area (Å²) < 4.78 is 32.1. The number of rotatable bonds is 10. The molecule has 33 heavy (non-hydrogen) atoms. The normalized spacial score (nSPS) is 11.5. The lowest BCUT2D eigenvalue weighted by Gasteiger charge is -2.20. The molecule has 0 unspecified atom stereocenters. The molecule has 11 heteroatoms. The van der Waals surface area contributed by atoms with Crippen LogP contribution in [0.15, 0.2) is 52.7 Å². The summed E-state index contributed by atoms with van der Waals surface area (Å²) in [6.07, 6.45) is 0. The zero-order chi connectivity index (χ0) is 24.0. The Balaban J connectivity index is 1.72. The summed E-state index contributed by atoms with van der Waals surface area (Å²) in [7, 11) is -2.13. The predicted molar refractivity (Wildman–Crippen MR) is 133 cm³/mol. The average Bonchev–Trinajstić information content (AvgIpc) is 3.27. The van der Waals surface area contributed by atoms with Crippen molar-refractivity contribution in [1.29, 1.82) is 0 Å². The highest BCUT2D eigenvalue weighted by atomic mass is 35.5. The number of hydrogen-bond acceptors (Lipinski definition) is 6. The molecule has 0 aliphatic heterocycles. The average molecular weight is 528 g/mol. The standard InChI is InChI=1S/C22H23Cl2N3O4S2/c1-15-13-17(5-8-20(15)31-2)19-14-32-22(25-19)26-21(28)16-3-6-18(7-4-16)33(29,30)27(11-9-23)12-10-24/h3-8,13-14H,9-12H2,1-2H3,(H,25,26,28). The summed E-state index contributed by atoms with van der Waals surface area (Å²) in [6, 6.07) is 11.5. The summed E-state index contributed by atoms with van der Waals surface area (Å²) >= 11 is 12.7. The number of nitrogens with zero attached hydrogens (tertiary/aromatic N) is 2. The van der Waals surface area contributed by atoms with Crippen LogP contribution in [0.4, 0.5) is 5.13 Å². The van der Waals surface area contributed by atoms with E-state index in [0.717, 1.165) is 22.6 Å². The number of thiazole rings is 1. The van der Waals surface area contributed by atoms with Gasteiger partial charge in [0.25, 0.3) is 5.91 Å². The fraction of sp³-hybridized carbons (Fsp3) is 0.273. The first-order valence-electron chi connectivity index (χ1n) is 9.94. The van der Waals surface area contributed by atoms with Crippen molar-refractivity contribution in [1.82, 2.24) is 9.29 Å². The Kier molecular flexibility index (Phi) is 8.72. The van der Waals surface area contributed by atoms with Crippen LogP contribution in [-0.4, -0.2) is 55.6 Å². The monoisotopic (exact) mass is 527 g/mol. The number of anilines is 1. The third-order valence-corrected chi connectivity index (χ3v) is 7.85. The van der Waals surface area contributed by atoms with E-state index in [4.69, 9.17) is 27.9 Å². The van der Waals surface area contributed by atoms with Crippen LogP contribution in [-0.2, 0) is 10.0 Å². The van der Waals surface area contributed by atoms with Crippen molar-refractivity contribution >= 4 is 55.6 Å². The van der Waals surface area contributed by atoms with Crippen molar-refractivity contribution in [3.63, 3.8) is 0 Å². The highest BCUT2D eigenvalue weighted by molar-refractivity contribution is 7.89. The number of aromatic nitrogens is 1. The highest BCUT2D eigenvalue weighted by Gasteiger charge is 2.24. The van der Waals surface area contributed by atoms with E-state index < -0.39 is 10.0 Å². The van der Waals surface area contributed by atoms with E-state index in [2.05, 4.69) is 10.3 Å². The maximum Gasteiger partial charge on any atom is 0.257 e. The molecule has 1 aromatic heterocycles. The van der Waals surface area contributed by atoms with E-state index in [0.29, 0.717) is 10.7 Å². The minimum Gasteiger partial charge on any atom is -0.496 e. The van der Waals surface area contributed by atoms with Crippen molar-refractivity contribution < 1.29 is 17.9 Å². The molecule has 1 N–H and O–H groups in total. The SMILES string of the molecule is COc1ccc(-c2csc(NC(=O)c3ccc(S(=O)(=O)N(CCCl)CCCl)cc3)n2)cc1C. The van der Waals surface area contributed by atoms with E-state index in [1.807, 2.05) is 30.5 Å². The second-order valence-electron chi connectivity index (χ2n) is 6.98. The summed E-state index contributed by atoms with van der Waals surface area (Å²) in [5.41, 5.74) is 2.95. The number of sulfonamides is 1. The molecule has 0 aliphatic carbocycles. The van der Waals surface area contributed by atoms with Gasteiger partial charge >= 0.3 is 0 Å². The molecule has 1 amide bonds. The quantitative estimate of drug-likeness (QED) is 0.380. The van der Waals surface area contributed by atoms with Crippen LogP contribution in [0.2, 0.25) is 0 Å². The molecule has 0 radical (unpaired) electrons. The molecule has 7 nitrogen and oxygen atoms in total. The van der Waals surface area contributed by atoms with Gasteiger partial charge in [0.15, 0.2) is 5.13 Å². The van der Waals surface area contributed by atoms with Gasteiger partial charge in [0, 0.05) is 41.4 Å². The van der Waals surface area contributed by atoms with E-state index in [-0.39, 0.29) is 35.7 Å². The van der Waals surface area contributed by atoms with Crippen molar-refractivity contribution in [3.8, 4) is 17.0 Å². The lowest BCUT2D eigenvalue weighted by atomic mass is 10.1. The first-order chi connectivity index (χ1) is 15.8. The molecule has 0 fully saturated rings. The third kappa shape index (κ3) is 6.04. The number of hydrogen-bond donors (Lipinski definition) is 1. The number of methoxy groups -OCH3 is 1. The number of carbonyl (C=O) groups excluding carboxylic acids is 1. The number of nitrogens with one attached hydrogen (secondary N) is 1. The van der Waals surface area contributed by atoms with Gasteiger partial charge in [-0.15, -0.1) is 34.5 Å². The minimum atomic E-state index is -3.75. The summed E-state index contributed by atoms with van der Waals surface area (Å²) in [4.78, 5) is 17.2. The molecule has 3 aromatic rings. The Hall–Kier alpha value is -2.17. The largest absolute Gasteiger partial charge is 0.496 e. The van der Waals surface area contributed by atoms with Crippen LogP contribution < -0.4 is 10.1 Å². The first-order valence-corrected chi connectivity index (χ1v) is 13.3. The number of alkyl halides is 2. The van der Waals surface area contributed by atoms with Crippen molar-refractivity contribution in [2.75, 3.05) is 37.3 Å². The van der Waals surface area contributed by atoms with E-state index in [9.17, 15) is 13.2 Å². The molecule has 0 saturated carbocycles. The molecule has 0 aliphatic rings. The smallest absolute Gasteiger partial charge is 0.257 e. The Morgan fingerprint density at radius 1 is 1.12 bits per heavy atom. The second-order valence-corrected chi connectivity index (χ2v) is 10.5. The van der Waals surface area contributed by atoms with Gasteiger partial charge < -0.3 is 4.74 Å². The Morgan fingerprint density at radius 3 is 2.36 bits per heavy atom. The van der Waals surface area contributed by atoms with Gasteiger partial charge in [-0.1, -0.05) is 0 Å². The molecule has 1 heterocycles. The number of carbonyl (C=O) groups is 1. The van der Waals surface area contributed by atoms with Crippen LogP contribution in [0.25, 0.3) is 11.3 Å².